The molecular formula is C13H12N4O3. The molecule has 0 saturated heterocycles. The van der Waals surface area contributed by atoms with Crippen LogP contribution in [0.4, 0.5) is 11.5 Å². The van der Waals surface area contributed by atoms with Crippen LogP contribution in [0, 0.1) is 17.0 Å². The third kappa shape index (κ3) is 1.93. The quantitative estimate of drug-likeness (QED) is 0.645. The molecule has 1 aliphatic rings. The largest absolute Gasteiger partial charge is 0.309 e. The van der Waals surface area contributed by atoms with Crippen molar-refractivity contribution in [3.05, 3.63) is 51.2 Å². The van der Waals surface area contributed by atoms with E-state index < -0.39 is 4.92 Å². The third-order valence-corrected chi connectivity index (χ3v) is 3.50. The smallest absolute Gasteiger partial charge is 0.269 e. The van der Waals surface area contributed by atoms with Crippen molar-refractivity contribution in [2.75, 3.05) is 5.32 Å². The number of aryl methyl sites for hydroxylation is 1. The fraction of sp³-hybridized carbons (Fsp3) is 0.231. The molecule has 0 radical (unpaired) electrons. The van der Waals surface area contributed by atoms with Gasteiger partial charge in [-0.1, -0.05) is 12.1 Å². The fourth-order valence-corrected chi connectivity index (χ4v) is 2.54. The Bertz CT molecular complexity index is 690. The van der Waals surface area contributed by atoms with E-state index in [1.807, 2.05) is 6.92 Å². The summed E-state index contributed by atoms with van der Waals surface area (Å²) in [5.74, 6) is 0.313. The van der Waals surface area contributed by atoms with E-state index in [0.29, 0.717) is 12.2 Å². The summed E-state index contributed by atoms with van der Waals surface area (Å²) in [5, 5.41) is 20.3. The minimum absolute atomic E-state index is 0.0400. The minimum atomic E-state index is -0.439. The summed E-state index contributed by atoms with van der Waals surface area (Å²) in [5.41, 5.74) is 2.75. The number of aromatic nitrogens is 2. The van der Waals surface area contributed by atoms with Crippen LogP contribution in [0.3, 0.4) is 0 Å². The molecule has 102 valence electrons. The molecule has 0 aliphatic carbocycles. The number of amides is 1. The molecule has 1 aromatic carbocycles. The number of anilines is 1. The summed E-state index contributed by atoms with van der Waals surface area (Å²) in [7, 11) is 0. The molecule has 0 unspecified atom stereocenters. The first-order chi connectivity index (χ1) is 9.56. The molecule has 20 heavy (non-hydrogen) atoms. The van der Waals surface area contributed by atoms with Gasteiger partial charge in [-0.3, -0.25) is 20.0 Å². The van der Waals surface area contributed by atoms with Crippen molar-refractivity contribution in [2.45, 2.75) is 19.3 Å². The van der Waals surface area contributed by atoms with Gasteiger partial charge in [0.05, 0.1) is 4.92 Å². The average molecular weight is 272 g/mol. The van der Waals surface area contributed by atoms with Gasteiger partial charge in [-0.15, -0.1) is 0 Å². The van der Waals surface area contributed by atoms with Crippen molar-refractivity contribution in [1.29, 1.82) is 0 Å². The molecule has 1 atom stereocenters. The lowest BCUT2D eigenvalue weighted by atomic mass is 9.86. The van der Waals surface area contributed by atoms with Gasteiger partial charge in [0, 0.05) is 35.7 Å². The number of H-pyrrole nitrogens is 1. The number of nitrogens with one attached hydrogen (secondary N) is 2. The summed E-state index contributed by atoms with van der Waals surface area (Å²) in [6.45, 7) is 1.89. The van der Waals surface area contributed by atoms with Crippen LogP contribution in [0.5, 0.6) is 0 Å². The number of carbonyl (C=O) groups is 1. The zero-order chi connectivity index (χ0) is 14.3. The first kappa shape index (κ1) is 12.3. The molecular weight excluding hydrogens is 260 g/mol. The number of rotatable bonds is 2. The van der Waals surface area contributed by atoms with Crippen molar-refractivity contribution < 1.29 is 9.72 Å². The summed E-state index contributed by atoms with van der Waals surface area (Å²) < 4.78 is 0. The van der Waals surface area contributed by atoms with Gasteiger partial charge in [-0.05, 0) is 12.5 Å². The van der Waals surface area contributed by atoms with Crippen LogP contribution < -0.4 is 5.32 Å². The SMILES string of the molecule is Cc1[nH]nc2c1[C@H](c1ccc([N+](=O)[O-])cc1)CC(=O)N2. The highest BCUT2D eigenvalue weighted by molar-refractivity contribution is 5.94. The number of nitro benzene ring substituents is 1. The van der Waals surface area contributed by atoms with Crippen molar-refractivity contribution >= 4 is 17.4 Å². The van der Waals surface area contributed by atoms with E-state index >= 15 is 0 Å². The fourth-order valence-electron chi connectivity index (χ4n) is 2.54. The molecule has 2 aromatic rings. The number of fused-ring (bicyclic) bond motifs is 1. The maximum absolute atomic E-state index is 11.7. The number of nitrogens with zero attached hydrogens (tertiary/aromatic N) is 2. The van der Waals surface area contributed by atoms with Gasteiger partial charge in [-0.2, -0.15) is 5.10 Å². The zero-order valence-corrected chi connectivity index (χ0v) is 10.7. The van der Waals surface area contributed by atoms with Crippen molar-refractivity contribution in [3.63, 3.8) is 0 Å². The monoisotopic (exact) mass is 272 g/mol. The number of hydrogen-bond donors (Lipinski definition) is 2. The Morgan fingerprint density at radius 3 is 2.70 bits per heavy atom. The average Bonchev–Trinajstić information content (AvgIpc) is 2.79. The number of hydrogen-bond acceptors (Lipinski definition) is 4. The van der Waals surface area contributed by atoms with Crippen LogP contribution in [0.2, 0.25) is 0 Å². The van der Waals surface area contributed by atoms with E-state index in [1.54, 1.807) is 12.1 Å². The van der Waals surface area contributed by atoms with Crippen LogP contribution >= 0.6 is 0 Å². The van der Waals surface area contributed by atoms with E-state index in [0.717, 1.165) is 16.8 Å². The summed E-state index contributed by atoms with van der Waals surface area (Å²) in [4.78, 5) is 22.0. The maximum atomic E-state index is 11.7. The van der Waals surface area contributed by atoms with E-state index in [2.05, 4.69) is 15.5 Å². The summed E-state index contributed by atoms with van der Waals surface area (Å²) in [6, 6.07) is 6.29. The Labute approximate surface area is 114 Å². The van der Waals surface area contributed by atoms with E-state index in [-0.39, 0.29) is 17.5 Å². The normalized spacial score (nSPS) is 17.4. The number of non-ortho nitro benzene ring substituents is 1. The van der Waals surface area contributed by atoms with Gasteiger partial charge in [0.2, 0.25) is 5.91 Å². The lowest BCUT2D eigenvalue weighted by Gasteiger charge is -2.22. The van der Waals surface area contributed by atoms with Gasteiger partial charge in [0.25, 0.3) is 5.69 Å². The number of carbonyl (C=O) groups excluding carboxylic acids is 1. The van der Waals surface area contributed by atoms with Crippen LogP contribution in [0.1, 0.15) is 29.2 Å². The first-order valence-corrected chi connectivity index (χ1v) is 6.15. The lowest BCUT2D eigenvalue weighted by molar-refractivity contribution is -0.384. The Kier molecular flexibility index (Phi) is 2.74. The van der Waals surface area contributed by atoms with Gasteiger partial charge >= 0.3 is 0 Å². The number of nitro groups is 1. The van der Waals surface area contributed by atoms with E-state index in [1.165, 1.54) is 12.1 Å². The van der Waals surface area contributed by atoms with Crippen LogP contribution in [-0.4, -0.2) is 21.0 Å². The molecule has 1 aromatic heterocycles. The molecule has 0 spiro atoms. The third-order valence-electron chi connectivity index (χ3n) is 3.50. The molecule has 3 rings (SSSR count). The second-order valence-corrected chi connectivity index (χ2v) is 4.76. The van der Waals surface area contributed by atoms with Crippen molar-refractivity contribution in [1.82, 2.24) is 10.2 Å². The Balaban J connectivity index is 2.03. The standard InChI is InChI=1S/C13H12N4O3/c1-7-12-10(6-11(18)14-13(12)16-15-7)8-2-4-9(5-3-8)17(19)20/h2-5,10H,6H2,1H3,(H2,14,15,16,18)/t10-/m0/s1. The number of aromatic amines is 1. The first-order valence-electron chi connectivity index (χ1n) is 6.15. The highest BCUT2D eigenvalue weighted by atomic mass is 16.6. The second-order valence-electron chi connectivity index (χ2n) is 4.76. The predicted molar refractivity (Wildman–Crippen MR) is 71.5 cm³/mol. The topological polar surface area (TPSA) is 101 Å². The van der Waals surface area contributed by atoms with Gasteiger partial charge in [0.15, 0.2) is 5.82 Å². The summed E-state index contributed by atoms with van der Waals surface area (Å²) >= 11 is 0. The molecule has 0 saturated carbocycles. The molecule has 0 bridgehead atoms. The Morgan fingerprint density at radius 2 is 2.05 bits per heavy atom. The van der Waals surface area contributed by atoms with E-state index in [9.17, 15) is 14.9 Å². The van der Waals surface area contributed by atoms with Crippen LogP contribution in [-0.2, 0) is 4.79 Å². The van der Waals surface area contributed by atoms with Gasteiger partial charge in [0.1, 0.15) is 0 Å². The zero-order valence-electron chi connectivity index (χ0n) is 10.7. The molecule has 2 N–H and O–H groups in total. The molecule has 7 nitrogen and oxygen atoms in total. The molecule has 2 heterocycles. The minimum Gasteiger partial charge on any atom is -0.309 e. The van der Waals surface area contributed by atoms with Crippen molar-refractivity contribution in [2.24, 2.45) is 0 Å². The summed E-state index contributed by atoms with van der Waals surface area (Å²) in [6.07, 6.45) is 0.311. The molecule has 7 heteroatoms. The van der Waals surface area contributed by atoms with E-state index in [4.69, 9.17) is 0 Å². The highest BCUT2D eigenvalue weighted by Crippen LogP contribution is 2.38. The highest BCUT2D eigenvalue weighted by Gasteiger charge is 2.30. The lowest BCUT2D eigenvalue weighted by Crippen LogP contribution is -2.23. The number of benzene rings is 1. The Morgan fingerprint density at radius 1 is 1.35 bits per heavy atom. The molecule has 1 amide bonds. The van der Waals surface area contributed by atoms with Crippen LogP contribution in [0.25, 0.3) is 0 Å². The van der Waals surface area contributed by atoms with Gasteiger partial charge < -0.3 is 5.32 Å². The molecule has 1 aliphatic heterocycles. The molecule has 0 fully saturated rings. The predicted octanol–water partition coefficient (Wildman–Crippen LogP) is 2.10. The van der Waals surface area contributed by atoms with Gasteiger partial charge in [-0.25, -0.2) is 0 Å². The Hall–Kier alpha value is -2.70. The second kappa shape index (κ2) is 4.44. The van der Waals surface area contributed by atoms with Crippen LogP contribution in [0.15, 0.2) is 24.3 Å². The maximum Gasteiger partial charge on any atom is 0.269 e. The van der Waals surface area contributed by atoms with Crippen molar-refractivity contribution in [3.8, 4) is 0 Å².